The van der Waals surface area contributed by atoms with Gasteiger partial charge in [-0.05, 0) is 36.0 Å². The Bertz CT molecular complexity index is 378. The topological polar surface area (TPSA) is 55.1 Å². The van der Waals surface area contributed by atoms with Crippen LogP contribution in [0.25, 0.3) is 0 Å². The first-order chi connectivity index (χ1) is 7.88. The number of amides is 1. The molecule has 0 heterocycles. The first-order valence-electron chi connectivity index (χ1n) is 4.73. The second kappa shape index (κ2) is 5.81. The molecule has 0 bridgehead atoms. The van der Waals surface area contributed by atoms with Crippen molar-refractivity contribution < 1.29 is 18.0 Å². The molecule has 1 amide bonds. The molecule has 0 aliphatic heterocycles. The lowest BCUT2D eigenvalue weighted by atomic mass is 10.2. The summed E-state index contributed by atoms with van der Waals surface area (Å²) in [5.41, 5.74) is 2.07. The van der Waals surface area contributed by atoms with E-state index in [4.69, 9.17) is 5.73 Å². The first-order valence-corrected chi connectivity index (χ1v) is 5.71. The van der Waals surface area contributed by atoms with Gasteiger partial charge in [0.15, 0.2) is 0 Å². The minimum atomic E-state index is -4.26. The Balaban J connectivity index is 2.33. The molecule has 1 aromatic rings. The SMILES string of the molecule is Nc1ccc(C(=O)NCCSC(F)(F)F)cc1. The van der Waals surface area contributed by atoms with E-state index < -0.39 is 11.4 Å². The number of carbonyl (C=O) groups excluding carboxylic acids is 1. The Morgan fingerprint density at radius 1 is 1.29 bits per heavy atom. The summed E-state index contributed by atoms with van der Waals surface area (Å²) >= 11 is -0.162. The number of hydrogen-bond acceptors (Lipinski definition) is 3. The van der Waals surface area contributed by atoms with E-state index in [2.05, 4.69) is 5.32 Å². The average molecular weight is 264 g/mol. The third-order valence-corrected chi connectivity index (χ3v) is 2.56. The quantitative estimate of drug-likeness (QED) is 0.648. The highest BCUT2D eigenvalue weighted by molar-refractivity contribution is 8.00. The van der Waals surface area contributed by atoms with Crippen molar-refractivity contribution in [2.45, 2.75) is 5.51 Å². The Hall–Kier alpha value is -1.37. The maximum absolute atomic E-state index is 11.8. The molecule has 17 heavy (non-hydrogen) atoms. The van der Waals surface area contributed by atoms with Gasteiger partial charge in [0.2, 0.25) is 0 Å². The van der Waals surface area contributed by atoms with Crippen LogP contribution in [0.15, 0.2) is 24.3 Å². The average Bonchev–Trinajstić information content (AvgIpc) is 2.24. The minimum absolute atomic E-state index is 0.0343. The predicted octanol–water partition coefficient (Wildman–Crippen LogP) is 2.25. The maximum atomic E-state index is 11.8. The van der Waals surface area contributed by atoms with E-state index in [1.807, 2.05) is 0 Å². The van der Waals surface area contributed by atoms with E-state index in [0.717, 1.165) is 0 Å². The number of anilines is 1. The Morgan fingerprint density at radius 2 is 1.88 bits per heavy atom. The summed E-state index contributed by atoms with van der Waals surface area (Å²) in [7, 11) is 0. The summed E-state index contributed by atoms with van der Waals surface area (Å²) in [6.45, 7) is -0.0343. The normalized spacial score (nSPS) is 11.2. The van der Waals surface area contributed by atoms with Gasteiger partial charge < -0.3 is 11.1 Å². The molecule has 0 radical (unpaired) electrons. The Morgan fingerprint density at radius 3 is 2.41 bits per heavy atom. The Labute approximate surface area is 101 Å². The molecule has 0 saturated carbocycles. The number of nitrogens with one attached hydrogen (secondary N) is 1. The highest BCUT2D eigenvalue weighted by Gasteiger charge is 2.27. The van der Waals surface area contributed by atoms with Crippen LogP contribution >= 0.6 is 11.8 Å². The zero-order valence-electron chi connectivity index (χ0n) is 8.75. The largest absolute Gasteiger partial charge is 0.441 e. The minimum Gasteiger partial charge on any atom is -0.399 e. The highest BCUT2D eigenvalue weighted by Crippen LogP contribution is 2.29. The lowest BCUT2D eigenvalue weighted by molar-refractivity contribution is -0.0327. The molecule has 7 heteroatoms. The molecular weight excluding hydrogens is 253 g/mol. The fourth-order valence-electron chi connectivity index (χ4n) is 1.07. The molecule has 0 unspecified atom stereocenters. The van der Waals surface area contributed by atoms with E-state index >= 15 is 0 Å². The number of rotatable bonds is 4. The van der Waals surface area contributed by atoms with E-state index in [1.54, 1.807) is 12.1 Å². The van der Waals surface area contributed by atoms with Gasteiger partial charge in [-0.2, -0.15) is 13.2 Å². The van der Waals surface area contributed by atoms with Crippen LogP contribution in [-0.2, 0) is 0 Å². The number of halogens is 3. The number of nitrogens with two attached hydrogens (primary N) is 1. The zero-order valence-corrected chi connectivity index (χ0v) is 9.57. The van der Waals surface area contributed by atoms with E-state index in [9.17, 15) is 18.0 Å². The summed E-state index contributed by atoms with van der Waals surface area (Å²) in [6, 6.07) is 6.14. The van der Waals surface area contributed by atoms with Crippen molar-refractivity contribution in [1.29, 1.82) is 0 Å². The summed E-state index contributed by atoms with van der Waals surface area (Å²) in [6.07, 6.45) is 0. The number of nitrogen functional groups attached to an aromatic ring is 1. The number of thioether (sulfide) groups is 1. The standard InChI is InChI=1S/C10H11F3N2OS/c11-10(12,13)17-6-5-15-9(16)7-1-3-8(14)4-2-7/h1-4H,5-6,14H2,(H,15,16). The predicted molar refractivity (Wildman–Crippen MR) is 61.7 cm³/mol. The molecule has 0 saturated heterocycles. The van der Waals surface area contributed by atoms with Crippen LogP contribution in [-0.4, -0.2) is 23.7 Å². The van der Waals surface area contributed by atoms with Crippen LogP contribution in [0.5, 0.6) is 0 Å². The van der Waals surface area contributed by atoms with Gasteiger partial charge in [0.1, 0.15) is 0 Å². The molecule has 0 spiro atoms. The maximum Gasteiger partial charge on any atom is 0.441 e. The zero-order chi connectivity index (χ0) is 12.9. The van der Waals surface area contributed by atoms with Crippen LogP contribution in [0.3, 0.4) is 0 Å². The van der Waals surface area contributed by atoms with Crippen LogP contribution < -0.4 is 11.1 Å². The Kier molecular flexibility index (Phi) is 4.68. The number of hydrogen-bond donors (Lipinski definition) is 2. The van der Waals surface area contributed by atoms with E-state index in [-0.39, 0.29) is 24.1 Å². The van der Waals surface area contributed by atoms with Gasteiger partial charge in [0, 0.05) is 23.5 Å². The molecule has 0 fully saturated rings. The number of alkyl halides is 3. The van der Waals surface area contributed by atoms with Crippen molar-refractivity contribution >= 4 is 23.4 Å². The van der Waals surface area contributed by atoms with Gasteiger partial charge in [0.05, 0.1) is 0 Å². The molecule has 3 N–H and O–H groups in total. The van der Waals surface area contributed by atoms with Crippen LogP contribution in [0, 0.1) is 0 Å². The fraction of sp³-hybridized carbons (Fsp3) is 0.300. The van der Waals surface area contributed by atoms with Crippen LogP contribution in [0.1, 0.15) is 10.4 Å². The van der Waals surface area contributed by atoms with Gasteiger partial charge >= 0.3 is 5.51 Å². The lowest BCUT2D eigenvalue weighted by Gasteiger charge is -2.07. The smallest absolute Gasteiger partial charge is 0.399 e. The highest BCUT2D eigenvalue weighted by atomic mass is 32.2. The van der Waals surface area contributed by atoms with E-state index in [0.29, 0.717) is 11.3 Å². The van der Waals surface area contributed by atoms with Gasteiger partial charge in [-0.3, -0.25) is 4.79 Å². The summed E-state index contributed by atoms with van der Waals surface area (Å²) in [4.78, 5) is 11.4. The molecule has 0 atom stereocenters. The molecular formula is C10H11F3N2OS. The summed E-state index contributed by atoms with van der Waals surface area (Å²) < 4.78 is 35.4. The van der Waals surface area contributed by atoms with Crippen LogP contribution in [0.2, 0.25) is 0 Å². The van der Waals surface area contributed by atoms with Crippen LogP contribution in [0.4, 0.5) is 18.9 Å². The van der Waals surface area contributed by atoms with Gasteiger partial charge in [-0.15, -0.1) is 0 Å². The molecule has 3 nitrogen and oxygen atoms in total. The first kappa shape index (κ1) is 13.7. The second-order valence-electron chi connectivity index (χ2n) is 3.17. The lowest BCUT2D eigenvalue weighted by Crippen LogP contribution is -2.26. The van der Waals surface area contributed by atoms with Crippen molar-refractivity contribution in [1.82, 2.24) is 5.32 Å². The van der Waals surface area contributed by atoms with Gasteiger partial charge in [0.25, 0.3) is 5.91 Å². The van der Waals surface area contributed by atoms with Crippen molar-refractivity contribution in [2.24, 2.45) is 0 Å². The van der Waals surface area contributed by atoms with Crippen molar-refractivity contribution in [3.05, 3.63) is 29.8 Å². The summed E-state index contributed by atoms with van der Waals surface area (Å²) in [5.74, 6) is -0.614. The summed E-state index contributed by atoms with van der Waals surface area (Å²) in [5, 5.41) is 2.39. The molecule has 1 rings (SSSR count). The molecule has 0 aromatic heterocycles. The number of carbonyl (C=O) groups is 1. The molecule has 0 aliphatic rings. The van der Waals surface area contributed by atoms with Gasteiger partial charge in [-0.1, -0.05) is 0 Å². The van der Waals surface area contributed by atoms with Crippen molar-refractivity contribution in [3.8, 4) is 0 Å². The molecule has 1 aromatic carbocycles. The monoisotopic (exact) mass is 264 g/mol. The second-order valence-corrected chi connectivity index (χ2v) is 4.33. The van der Waals surface area contributed by atoms with E-state index in [1.165, 1.54) is 12.1 Å². The third kappa shape index (κ3) is 5.48. The van der Waals surface area contributed by atoms with Crippen molar-refractivity contribution in [2.75, 3.05) is 18.0 Å². The van der Waals surface area contributed by atoms with Gasteiger partial charge in [-0.25, -0.2) is 0 Å². The molecule has 0 aliphatic carbocycles. The molecule has 94 valence electrons. The third-order valence-electron chi connectivity index (χ3n) is 1.83. The van der Waals surface area contributed by atoms with Crippen molar-refractivity contribution in [3.63, 3.8) is 0 Å². The number of benzene rings is 1. The fourth-order valence-corrected chi connectivity index (χ4v) is 1.50.